The molecule has 1 N–H and O–H groups in total. The fourth-order valence-electron chi connectivity index (χ4n) is 2.63. The molecule has 0 saturated carbocycles. The summed E-state index contributed by atoms with van der Waals surface area (Å²) in [5, 5.41) is 3.99. The number of rotatable bonds is 5. The quantitative estimate of drug-likeness (QED) is 0.920. The Morgan fingerprint density at radius 2 is 2.05 bits per heavy atom. The summed E-state index contributed by atoms with van der Waals surface area (Å²) in [7, 11) is 0. The van der Waals surface area contributed by atoms with Crippen molar-refractivity contribution in [2.24, 2.45) is 0 Å². The fraction of sp³-hybridized carbons (Fsp3) is 0.438. The van der Waals surface area contributed by atoms with E-state index in [1.165, 1.54) is 24.2 Å². The molecule has 1 aliphatic heterocycles. The normalized spacial score (nSPS) is 15.1. The summed E-state index contributed by atoms with van der Waals surface area (Å²) < 4.78 is 0. The van der Waals surface area contributed by atoms with Gasteiger partial charge in [-0.3, -0.25) is 14.7 Å². The number of hydrogen-bond donors (Lipinski definition) is 1. The van der Waals surface area contributed by atoms with Gasteiger partial charge < -0.3 is 5.32 Å². The number of nitrogens with zero attached hydrogens (tertiary/aromatic N) is 3. The maximum atomic E-state index is 12.3. The first-order valence-electron chi connectivity index (χ1n) is 7.58. The maximum absolute atomic E-state index is 12.3. The zero-order valence-corrected chi connectivity index (χ0v) is 13.5. The molecule has 0 spiro atoms. The first kappa shape index (κ1) is 15.1. The molecular weight excluding hydrogens is 296 g/mol. The Hall–Kier alpha value is -1.79. The van der Waals surface area contributed by atoms with Crippen LogP contribution >= 0.6 is 11.3 Å². The van der Waals surface area contributed by atoms with E-state index in [-0.39, 0.29) is 5.91 Å². The molecule has 1 fully saturated rings. The number of pyridine rings is 1. The van der Waals surface area contributed by atoms with Crippen molar-refractivity contribution >= 4 is 17.2 Å². The second-order valence-corrected chi connectivity index (χ2v) is 6.63. The summed E-state index contributed by atoms with van der Waals surface area (Å²) in [5.41, 5.74) is 1.87. The SMILES string of the molecule is Cc1nc(CN2CCCC2)sc1C(=O)NCc1ccncc1. The van der Waals surface area contributed by atoms with Gasteiger partial charge in [-0.1, -0.05) is 0 Å². The van der Waals surface area contributed by atoms with Crippen LogP contribution in [0.3, 0.4) is 0 Å². The molecule has 0 atom stereocenters. The van der Waals surface area contributed by atoms with Gasteiger partial charge in [0.15, 0.2) is 0 Å². The molecule has 0 aromatic carbocycles. The van der Waals surface area contributed by atoms with E-state index in [1.807, 2.05) is 19.1 Å². The van der Waals surface area contributed by atoms with Gasteiger partial charge in [-0.05, 0) is 50.6 Å². The average Bonchev–Trinajstić information content (AvgIpc) is 3.16. The molecule has 1 aliphatic rings. The lowest BCUT2D eigenvalue weighted by molar-refractivity contribution is 0.0954. The highest BCUT2D eigenvalue weighted by Crippen LogP contribution is 2.21. The molecule has 6 heteroatoms. The smallest absolute Gasteiger partial charge is 0.263 e. The Morgan fingerprint density at radius 3 is 2.77 bits per heavy atom. The summed E-state index contributed by atoms with van der Waals surface area (Å²) in [6.45, 7) is 5.57. The van der Waals surface area contributed by atoms with E-state index in [0.29, 0.717) is 6.54 Å². The molecule has 1 amide bonds. The van der Waals surface area contributed by atoms with Gasteiger partial charge in [0, 0.05) is 18.9 Å². The molecule has 0 aliphatic carbocycles. The number of aromatic nitrogens is 2. The lowest BCUT2D eigenvalue weighted by atomic mass is 10.2. The van der Waals surface area contributed by atoms with E-state index in [1.54, 1.807) is 12.4 Å². The highest BCUT2D eigenvalue weighted by atomic mass is 32.1. The predicted octanol–water partition coefficient (Wildman–Crippen LogP) is 2.37. The Balaban J connectivity index is 1.61. The third-order valence-electron chi connectivity index (χ3n) is 3.81. The van der Waals surface area contributed by atoms with Crippen LogP contribution in [0, 0.1) is 6.92 Å². The molecule has 22 heavy (non-hydrogen) atoms. The Labute approximate surface area is 134 Å². The third kappa shape index (κ3) is 3.69. The number of carbonyl (C=O) groups is 1. The van der Waals surface area contributed by atoms with E-state index < -0.39 is 0 Å². The summed E-state index contributed by atoms with van der Waals surface area (Å²) in [6.07, 6.45) is 5.99. The molecule has 2 aromatic heterocycles. The molecule has 3 heterocycles. The van der Waals surface area contributed by atoms with Crippen molar-refractivity contribution < 1.29 is 4.79 Å². The van der Waals surface area contributed by atoms with Crippen LogP contribution < -0.4 is 5.32 Å². The van der Waals surface area contributed by atoms with Gasteiger partial charge in [0.05, 0.1) is 12.2 Å². The molecule has 1 saturated heterocycles. The molecule has 0 bridgehead atoms. The Kier molecular flexibility index (Phi) is 4.80. The molecule has 3 rings (SSSR count). The largest absolute Gasteiger partial charge is 0.347 e. The number of carbonyl (C=O) groups excluding carboxylic acids is 1. The standard InChI is InChI=1S/C16H20N4OS/c1-12-15(16(21)18-10-13-4-6-17-7-5-13)22-14(19-12)11-20-8-2-3-9-20/h4-7H,2-3,8-11H2,1H3,(H,18,21). The Morgan fingerprint density at radius 1 is 1.32 bits per heavy atom. The molecule has 2 aromatic rings. The van der Waals surface area contributed by atoms with Crippen molar-refractivity contribution in [3.05, 3.63) is 45.7 Å². The summed E-state index contributed by atoms with van der Waals surface area (Å²) in [4.78, 5) is 24.0. The second kappa shape index (κ2) is 6.98. The molecular formula is C16H20N4OS. The zero-order chi connectivity index (χ0) is 15.4. The number of amides is 1. The van der Waals surface area contributed by atoms with Crippen molar-refractivity contribution in [3.63, 3.8) is 0 Å². The van der Waals surface area contributed by atoms with Crippen LogP contribution in [-0.2, 0) is 13.1 Å². The van der Waals surface area contributed by atoms with E-state index >= 15 is 0 Å². The van der Waals surface area contributed by atoms with Crippen molar-refractivity contribution in [2.45, 2.75) is 32.9 Å². The van der Waals surface area contributed by atoms with Gasteiger partial charge >= 0.3 is 0 Å². The first-order chi connectivity index (χ1) is 10.7. The highest BCUT2D eigenvalue weighted by Gasteiger charge is 2.18. The van der Waals surface area contributed by atoms with Gasteiger partial charge in [-0.2, -0.15) is 0 Å². The predicted molar refractivity (Wildman–Crippen MR) is 86.8 cm³/mol. The number of aryl methyl sites for hydroxylation is 1. The van der Waals surface area contributed by atoms with Crippen LogP contribution in [0.15, 0.2) is 24.5 Å². The lowest BCUT2D eigenvalue weighted by Crippen LogP contribution is -2.22. The van der Waals surface area contributed by atoms with Gasteiger partial charge in [0.2, 0.25) is 0 Å². The summed E-state index contributed by atoms with van der Waals surface area (Å²) >= 11 is 1.51. The van der Waals surface area contributed by atoms with Crippen LogP contribution in [0.25, 0.3) is 0 Å². The lowest BCUT2D eigenvalue weighted by Gasteiger charge is -2.11. The first-order valence-corrected chi connectivity index (χ1v) is 8.40. The number of likely N-dealkylation sites (tertiary alicyclic amines) is 1. The maximum Gasteiger partial charge on any atom is 0.263 e. The van der Waals surface area contributed by atoms with Gasteiger partial charge in [0.1, 0.15) is 9.88 Å². The van der Waals surface area contributed by atoms with Gasteiger partial charge in [0.25, 0.3) is 5.91 Å². The van der Waals surface area contributed by atoms with Crippen molar-refractivity contribution in [1.29, 1.82) is 0 Å². The second-order valence-electron chi connectivity index (χ2n) is 5.54. The van der Waals surface area contributed by atoms with Crippen LogP contribution in [0.4, 0.5) is 0 Å². The van der Waals surface area contributed by atoms with E-state index in [0.717, 1.165) is 40.8 Å². The van der Waals surface area contributed by atoms with E-state index in [4.69, 9.17) is 0 Å². The average molecular weight is 316 g/mol. The van der Waals surface area contributed by atoms with E-state index in [2.05, 4.69) is 20.2 Å². The highest BCUT2D eigenvalue weighted by molar-refractivity contribution is 7.13. The van der Waals surface area contributed by atoms with Crippen molar-refractivity contribution in [1.82, 2.24) is 20.2 Å². The molecule has 116 valence electrons. The van der Waals surface area contributed by atoms with Crippen LogP contribution in [0.1, 0.15) is 38.8 Å². The minimum absolute atomic E-state index is 0.0421. The minimum Gasteiger partial charge on any atom is -0.347 e. The summed E-state index contributed by atoms with van der Waals surface area (Å²) in [6, 6.07) is 3.80. The fourth-order valence-corrected chi connectivity index (χ4v) is 3.65. The number of thiazole rings is 1. The number of nitrogens with one attached hydrogen (secondary N) is 1. The third-order valence-corrected chi connectivity index (χ3v) is 4.95. The molecule has 0 radical (unpaired) electrons. The monoisotopic (exact) mass is 316 g/mol. The van der Waals surface area contributed by atoms with Crippen molar-refractivity contribution in [3.8, 4) is 0 Å². The van der Waals surface area contributed by atoms with Gasteiger partial charge in [-0.15, -0.1) is 11.3 Å². The molecule has 0 unspecified atom stereocenters. The zero-order valence-electron chi connectivity index (χ0n) is 12.7. The van der Waals surface area contributed by atoms with E-state index in [9.17, 15) is 4.79 Å². The van der Waals surface area contributed by atoms with Crippen molar-refractivity contribution in [2.75, 3.05) is 13.1 Å². The minimum atomic E-state index is -0.0421. The van der Waals surface area contributed by atoms with Crippen LogP contribution in [0.2, 0.25) is 0 Å². The Bertz CT molecular complexity index is 635. The topological polar surface area (TPSA) is 58.1 Å². The number of hydrogen-bond acceptors (Lipinski definition) is 5. The van der Waals surface area contributed by atoms with Crippen LogP contribution in [-0.4, -0.2) is 33.9 Å². The van der Waals surface area contributed by atoms with Crippen LogP contribution in [0.5, 0.6) is 0 Å². The summed E-state index contributed by atoms with van der Waals surface area (Å²) in [5.74, 6) is -0.0421. The van der Waals surface area contributed by atoms with Gasteiger partial charge in [-0.25, -0.2) is 4.98 Å². The molecule has 5 nitrogen and oxygen atoms in total.